The zero-order valence-corrected chi connectivity index (χ0v) is 13.4. The number of nitriles is 1. The van der Waals surface area contributed by atoms with Crippen LogP contribution < -0.4 is 0 Å². The van der Waals surface area contributed by atoms with Crippen molar-refractivity contribution in [1.82, 2.24) is 4.57 Å². The zero-order valence-electron chi connectivity index (χ0n) is 13.4. The Morgan fingerprint density at radius 1 is 1.39 bits per heavy atom. The first-order valence-corrected chi connectivity index (χ1v) is 7.23. The van der Waals surface area contributed by atoms with Crippen molar-refractivity contribution in [3.63, 3.8) is 0 Å². The summed E-state index contributed by atoms with van der Waals surface area (Å²) in [6.45, 7) is 4.96. The first-order valence-electron chi connectivity index (χ1n) is 7.23. The first-order chi connectivity index (χ1) is 10.7. The smallest absolute Gasteiger partial charge is 0.225 e. The van der Waals surface area contributed by atoms with Gasteiger partial charge in [-0.3, -0.25) is 4.79 Å². The van der Waals surface area contributed by atoms with E-state index in [0.717, 1.165) is 11.7 Å². The van der Waals surface area contributed by atoms with Gasteiger partial charge in [0.05, 0.1) is 18.2 Å². The molecule has 2 rings (SSSR count). The number of fused-ring (bicyclic) bond motifs is 1. The molecule has 0 amide bonds. The summed E-state index contributed by atoms with van der Waals surface area (Å²) in [6, 6.07) is 8.81. The number of carbonyl (C=O) groups is 1. The molecule has 1 heterocycles. The number of ether oxygens (including phenoxy) is 1. The standard InChI is InChI=1S/C17H20N2O4/c1-16(2,3)23-17(22,15(21)8-18)11-19-9-12(10-20)13-6-4-5-7-14(13)19/h4-7,9-10,15,21-22H,11H2,1-3H3. The van der Waals surface area contributed by atoms with E-state index >= 15 is 0 Å². The number of hydrogen-bond donors (Lipinski definition) is 2. The highest BCUT2D eigenvalue weighted by molar-refractivity contribution is 5.97. The van der Waals surface area contributed by atoms with E-state index in [9.17, 15) is 15.0 Å². The molecule has 2 aromatic rings. The van der Waals surface area contributed by atoms with Crippen LogP contribution in [-0.4, -0.2) is 38.6 Å². The molecule has 2 atom stereocenters. The molecule has 0 saturated heterocycles. The first kappa shape index (κ1) is 17.2. The minimum Gasteiger partial charge on any atom is -0.373 e. The Morgan fingerprint density at radius 3 is 2.61 bits per heavy atom. The Kier molecular flexibility index (Phi) is 4.57. The molecule has 6 heteroatoms. The van der Waals surface area contributed by atoms with E-state index in [1.165, 1.54) is 0 Å². The molecular weight excluding hydrogens is 296 g/mol. The van der Waals surface area contributed by atoms with Crippen molar-refractivity contribution in [2.24, 2.45) is 0 Å². The van der Waals surface area contributed by atoms with Gasteiger partial charge >= 0.3 is 0 Å². The molecule has 23 heavy (non-hydrogen) atoms. The fourth-order valence-electron chi connectivity index (χ4n) is 2.55. The van der Waals surface area contributed by atoms with Crippen molar-refractivity contribution in [3.8, 4) is 6.07 Å². The Morgan fingerprint density at radius 2 is 2.04 bits per heavy atom. The lowest BCUT2D eigenvalue weighted by atomic mass is 10.1. The van der Waals surface area contributed by atoms with Crippen LogP contribution in [0, 0.1) is 11.3 Å². The lowest BCUT2D eigenvalue weighted by Gasteiger charge is -2.36. The molecule has 0 aliphatic carbocycles. The predicted molar refractivity (Wildman–Crippen MR) is 84.7 cm³/mol. The van der Waals surface area contributed by atoms with Gasteiger partial charge in [0, 0.05) is 22.7 Å². The van der Waals surface area contributed by atoms with Crippen LogP contribution in [0.25, 0.3) is 10.9 Å². The summed E-state index contributed by atoms with van der Waals surface area (Å²) >= 11 is 0. The van der Waals surface area contributed by atoms with Gasteiger partial charge < -0.3 is 19.5 Å². The number of aliphatic hydroxyl groups excluding tert-OH is 1. The third-order valence-corrected chi connectivity index (χ3v) is 3.38. The van der Waals surface area contributed by atoms with Gasteiger partial charge in [-0.2, -0.15) is 5.26 Å². The number of aliphatic hydroxyl groups is 2. The number of rotatable bonds is 5. The monoisotopic (exact) mass is 316 g/mol. The maximum Gasteiger partial charge on any atom is 0.225 e. The average Bonchev–Trinajstić information content (AvgIpc) is 2.82. The summed E-state index contributed by atoms with van der Waals surface area (Å²) < 4.78 is 7.15. The minimum absolute atomic E-state index is 0.187. The van der Waals surface area contributed by atoms with Crippen LogP contribution in [0.5, 0.6) is 0 Å². The van der Waals surface area contributed by atoms with E-state index in [4.69, 9.17) is 10.00 Å². The van der Waals surface area contributed by atoms with Gasteiger partial charge in [0.2, 0.25) is 5.79 Å². The third-order valence-electron chi connectivity index (χ3n) is 3.38. The number of aromatic nitrogens is 1. The average molecular weight is 316 g/mol. The van der Waals surface area contributed by atoms with E-state index in [-0.39, 0.29) is 6.54 Å². The summed E-state index contributed by atoms with van der Waals surface area (Å²) in [5, 5.41) is 30.4. The molecular formula is C17H20N2O4. The lowest BCUT2D eigenvalue weighted by Crippen LogP contribution is -2.51. The molecule has 0 radical (unpaired) electrons. The van der Waals surface area contributed by atoms with Gasteiger partial charge in [-0.1, -0.05) is 18.2 Å². The van der Waals surface area contributed by atoms with Crippen molar-refractivity contribution in [2.45, 2.75) is 44.8 Å². The highest BCUT2D eigenvalue weighted by Crippen LogP contribution is 2.27. The maximum atomic E-state index is 11.2. The second-order valence-corrected chi connectivity index (χ2v) is 6.44. The van der Waals surface area contributed by atoms with Crippen LogP contribution in [0.2, 0.25) is 0 Å². The van der Waals surface area contributed by atoms with Gasteiger partial charge in [-0.15, -0.1) is 0 Å². The fourth-order valence-corrected chi connectivity index (χ4v) is 2.55. The molecule has 6 nitrogen and oxygen atoms in total. The number of hydrogen-bond acceptors (Lipinski definition) is 5. The third kappa shape index (κ3) is 3.59. The topological polar surface area (TPSA) is 95.5 Å². The van der Waals surface area contributed by atoms with Crippen LogP contribution in [0.3, 0.4) is 0 Å². The quantitative estimate of drug-likeness (QED) is 0.498. The number of carbonyl (C=O) groups excluding carboxylic acids is 1. The van der Waals surface area contributed by atoms with Gasteiger partial charge in [0.25, 0.3) is 0 Å². The molecule has 0 fully saturated rings. The molecule has 2 unspecified atom stereocenters. The van der Waals surface area contributed by atoms with E-state index in [1.54, 1.807) is 55.8 Å². The number of para-hydroxylation sites is 1. The van der Waals surface area contributed by atoms with Gasteiger partial charge in [-0.05, 0) is 26.8 Å². The number of nitrogens with zero attached hydrogens (tertiary/aromatic N) is 2. The number of aldehydes is 1. The fraction of sp³-hybridized carbons (Fsp3) is 0.412. The highest BCUT2D eigenvalue weighted by Gasteiger charge is 2.41. The van der Waals surface area contributed by atoms with Crippen molar-refractivity contribution >= 4 is 17.2 Å². The second kappa shape index (κ2) is 6.13. The van der Waals surface area contributed by atoms with Crippen molar-refractivity contribution in [1.29, 1.82) is 5.26 Å². The summed E-state index contributed by atoms with van der Waals surface area (Å²) in [4.78, 5) is 11.2. The van der Waals surface area contributed by atoms with Gasteiger partial charge in [0.1, 0.15) is 0 Å². The zero-order chi connectivity index (χ0) is 17.3. The Labute approximate surface area is 134 Å². The summed E-state index contributed by atoms with van der Waals surface area (Å²) in [5.74, 6) is -2.10. The van der Waals surface area contributed by atoms with Crippen LogP contribution in [0.1, 0.15) is 31.1 Å². The highest BCUT2D eigenvalue weighted by atomic mass is 16.7. The molecule has 0 aliphatic heterocycles. The normalized spacial score (nSPS) is 15.8. The van der Waals surface area contributed by atoms with Gasteiger partial charge in [-0.25, -0.2) is 0 Å². The van der Waals surface area contributed by atoms with E-state index in [2.05, 4.69) is 0 Å². The Balaban J connectivity index is 2.49. The largest absolute Gasteiger partial charge is 0.373 e. The minimum atomic E-state index is -2.10. The molecule has 0 spiro atoms. The summed E-state index contributed by atoms with van der Waals surface area (Å²) in [6.07, 6.45) is 0.560. The molecule has 0 aliphatic rings. The second-order valence-electron chi connectivity index (χ2n) is 6.44. The summed E-state index contributed by atoms with van der Waals surface area (Å²) in [7, 11) is 0. The van der Waals surface area contributed by atoms with Crippen LogP contribution in [-0.2, 0) is 11.3 Å². The molecule has 1 aromatic heterocycles. The predicted octanol–water partition coefficient (Wildman–Crippen LogP) is 1.84. The molecule has 1 aromatic carbocycles. The van der Waals surface area contributed by atoms with Crippen molar-refractivity contribution in [3.05, 3.63) is 36.0 Å². The van der Waals surface area contributed by atoms with Crippen LogP contribution >= 0.6 is 0 Å². The van der Waals surface area contributed by atoms with E-state index in [0.29, 0.717) is 11.1 Å². The van der Waals surface area contributed by atoms with Crippen molar-refractivity contribution in [2.75, 3.05) is 0 Å². The Hall–Kier alpha value is -2.20. The summed E-state index contributed by atoms with van der Waals surface area (Å²) in [5.41, 5.74) is 0.393. The van der Waals surface area contributed by atoms with Crippen LogP contribution in [0.15, 0.2) is 30.5 Å². The molecule has 0 bridgehead atoms. The Bertz CT molecular complexity index is 754. The number of benzene rings is 1. The van der Waals surface area contributed by atoms with E-state index < -0.39 is 17.5 Å². The lowest BCUT2D eigenvalue weighted by molar-refractivity contribution is -0.289. The molecule has 122 valence electrons. The molecule has 2 N–H and O–H groups in total. The maximum absolute atomic E-state index is 11.2. The van der Waals surface area contributed by atoms with Crippen molar-refractivity contribution < 1.29 is 19.7 Å². The van der Waals surface area contributed by atoms with Crippen LogP contribution in [0.4, 0.5) is 0 Å². The molecule has 0 saturated carbocycles. The van der Waals surface area contributed by atoms with Gasteiger partial charge in [0.15, 0.2) is 12.4 Å². The SMILES string of the molecule is CC(C)(C)OC(O)(Cn1cc(C=O)c2ccccc21)C(O)C#N. The van der Waals surface area contributed by atoms with E-state index in [1.807, 2.05) is 6.07 Å².